The minimum absolute atomic E-state index is 0.0507. The summed E-state index contributed by atoms with van der Waals surface area (Å²) in [6.45, 7) is 2.30. The van der Waals surface area contributed by atoms with E-state index in [9.17, 15) is 14.4 Å². The molecule has 2 N–H and O–H groups in total. The third-order valence-electron chi connectivity index (χ3n) is 3.87. The maximum atomic E-state index is 12.3. The van der Waals surface area contributed by atoms with E-state index in [1.54, 1.807) is 17.3 Å². The van der Waals surface area contributed by atoms with Gasteiger partial charge >= 0.3 is 0 Å². The van der Waals surface area contributed by atoms with E-state index in [-0.39, 0.29) is 17.5 Å². The van der Waals surface area contributed by atoms with Crippen LogP contribution in [0.25, 0.3) is 11.5 Å². The Hall–Kier alpha value is -2.55. The number of likely N-dealkylation sites (tertiary alicyclic amines) is 1. The highest BCUT2D eigenvalue weighted by Gasteiger charge is 2.25. The van der Waals surface area contributed by atoms with Crippen LogP contribution in [-0.4, -0.2) is 51.3 Å². The lowest BCUT2D eigenvalue weighted by molar-refractivity contribution is -0.132. The van der Waals surface area contributed by atoms with Crippen LogP contribution >= 0.6 is 11.3 Å². The molecule has 0 spiro atoms. The number of piperidine rings is 1. The van der Waals surface area contributed by atoms with Gasteiger partial charge in [0.15, 0.2) is 5.82 Å². The molecular formula is C15H17N5O3S. The second kappa shape index (κ2) is 6.52. The highest BCUT2D eigenvalue weighted by atomic mass is 32.1. The van der Waals surface area contributed by atoms with Crippen molar-refractivity contribution < 1.29 is 9.59 Å². The number of amides is 2. The molecule has 1 atom stereocenters. The van der Waals surface area contributed by atoms with Crippen LogP contribution in [-0.2, 0) is 4.79 Å². The molecule has 0 bridgehead atoms. The van der Waals surface area contributed by atoms with Gasteiger partial charge in [-0.1, -0.05) is 0 Å². The van der Waals surface area contributed by atoms with E-state index in [0.717, 1.165) is 5.01 Å². The zero-order valence-corrected chi connectivity index (χ0v) is 14.1. The van der Waals surface area contributed by atoms with Gasteiger partial charge in [0.2, 0.25) is 5.91 Å². The molecule has 2 aromatic heterocycles. The normalized spacial score (nSPS) is 17.8. The first-order valence-corrected chi connectivity index (χ1v) is 8.38. The monoisotopic (exact) mass is 347 g/mol. The zero-order chi connectivity index (χ0) is 17.3. The number of thiazole rings is 1. The van der Waals surface area contributed by atoms with Gasteiger partial charge < -0.3 is 15.2 Å². The highest BCUT2D eigenvalue weighted by molar-refractivity contribution is 7.09. The molecule has 1 fully saturated rings. The number of aryl methyl sites for hydroxylation is 1. The standard InChI is InChI=1S/C15H17N5O3S/c1-8-17-11(7-24-8)13-16-5-10(15(23)19-13)14(22)18-9-3-4-12(21)20(2)6-9/h5,7,9H,3-4,6H2,1-2H3,(H,18,22)(H,16,19,23). The summed E-state index contributed by atoms with van der Waals surface area (Å²) in [7, 11) is 1.69. The fourth-order valence-electron chi connectivity index (χ4n) is 2.55. The average molecular weight is 347 g/mol. The van der Waals surface area contributed by atoms with Crippen LogP contribution in [0.3, 0.4) is 0 Å². The zero-order valence-electron chi connectivity index (χ0n) is 13.3. The van der Waals surface area contributed by atoms with E-state index in [1.807, 2.05) is 6.92 Å². The van der Waals surface area contributed by atoms with Crippen molar-refractivity contribution in [2.75, 3.05) is 13.6 Å². The predicted octanol–water partition coefficient (Wildman–Crippen LogP) is 0.552. The molecule has 24 heavy (non-hydrogen) atoms. The minimum atomic E-state index is -0.511. The summed E-state index contributed by atoms with van der Waals surface area (Å²) < 4.78 is 0. The molecule has 1 unspecified atom stereocenters. The summed E-state index contributed by atoms with van der Waals surface area (Å²) >= 11 is 1.45. The van der Waals surface area contributed by atoms with Gasteiger partial charge in [0.25, 0.3) is 11.5 Å². The smallest absolute Gasteiger partial charge is 0.264 e. The topological polar surface area (TPSA) is 108 Å². The third-order valence-corrected chi connectivity index (χ3v) is 4.64. The molecule has 3 rings (SSSR count). The highest BCUT2D eigenvalue weighted by Crippen LogP contribution is 2.16. The van der Waals surface area contributed by atoms with Crippen molar-refractivity contribution in [3.05, 3.63) is 32.5 Å². The van der Waals surface area contributed by atoms with E-state index in [4.69, 9.17) is 0 Å². The lowest BCUT2D eigenvalue weighted by Crippen LogP contribution is -2.49. The van der Waals surface area contributed by atoms with E-state index in [1.165, 1.54) is 17.5 Å². The first kappa shape index (κ1) is 16.3. The number of hydrogen-bond donors (Lipinski definition) is 2. The average Bonchev–Trinajstić information content (AvgIpc) is 2.97. The number of H-pyrrole nitrogens is 1. The molecule has 8 nitrogen and oxygen atoms in total. The lowest BCUT2D eigenvalue weighted by Gasteiger charge is -2.30. The largest absolute Gasteiger partial charge is 0.347 e. The Morgan fingerprint density at radius 2 is 2.25 bits per heavy atom. The van der Waals surface area contributed by atoms with Crippen LogP contribution in [0.15, 0.2) is 16.4 Å². The summed E-state index contributed by atoms with van der Waals surface area (Å²) in [5, 5.41) is 5.44. The summed E-state index contributed by atoms with van der Waals surface area (Å²) in [5.41, 5.74) is 0.0163. The summed E-state index contributed by atoms with van der Waals surface area (Å²) in [5.74, 6) is -0.0932. The van der Waals surface area contributed by atoms with E-state index in [2.05, 4.69) is 20.3 Å². The van der Waals surface area contributed by atoms with Crippen molar-refractivity contribution in [2.24, 2.45) is 0 Å². The van der Waals surface area contributed by atoms with E-state index in [0.29, 0.717) is 30.9 Å². The van der Waals surface area contributed by atoms with E-state index < -0.39 is 11.5 Å². The molecular weight excluding hydrogens is 330 g/mol. The van der Waals surface area contributed by atoms with Crippen molar-refractivity contribution in [1.82, 2.24) is 25.2 Å². The van der Waals surface area contributed by atoms with Crippen molar-refractivity contribution in [3.63, 3.8) is 0 Å². The maximum absolute atomic E-state index is 12.3. The number of rotatable bonds is 3. The van der Waals surface area contributed by atoms with Gasteiger partial charge in [0.1, 0.15) is 11.3 Å². The number of aromatic amines is 1. The van der Waals surface area contributed by atoms with Gasteiger partial charge in [-0.2, -0.15) is 0 Å². The summed E-state index contributed by atoms with van der Waals surface area (Å²) in [6.07, 6.45) is 2.21. The third kappa shape index (κ3) is 3.35. The van der Waals surface area contributed by atoms with Gasteiger partial charge in [-0.3, -0.25) is 14.4 Å². The van der Waals surface area contributed by atoms with Gasteiger partial charge in [0.05, 0.1) is 5.01 Å². The SMILES string of the molecule is Cc1nc(-c2ncc(C(=O)NC3CCC(=O)N(C)C3)c(=O)[nH]2)cs1. The maximum Gasteiger partial charge on any atom is 0.264 e. The number of hydrogen-bond acceptors (Lipinski definition) is 6. The predicted molar refractivity (Wildman–Crippen MR) is 88.8 cm³/mol. The number of carbonyl (C=O) groups is 2. The molecule has 9 heteroatoms. The van der Waals surface area contributed by atoms with Crippen LogP contribution in [0, 0.1) is 6.92 Å². The Morgan fingerprint density at radius 3 is 2.88 bits per heavy atom. The van der Waals surface area contributed by atoms with Crippen molar-refractivity contribution in [1.29, 1.82) is 0 Å². The molecule has 2 aromatic rings. The lowest BCUT2D eigenvalue weighted by atomic mass is 10.1. The molecule has 3 heterocycles. The molecule has 0 radical (unpaired) electrons. The molecule has 0 aliphatic carbocycles. The number of aromatic nitrogens is 3. The molecule has 2 amide bonds. The van der Waals surface area contributed by atoms with Gasteiger partial charge in [-0.25, -0.2) is 9.97 Å². The number of carbonyl (C=O) groups excluding carboxylic acids is 2. The molecule has 0 saturated carbocycles. The van der Waals surface area contributed by atoms with Crippen molar-refractivity contribution in [2.45, 2.75) is 25.8 Å². The Bertz CT molecular complexity index is 844. The van der Waals surface area contributed by atoms with Crippen LogP contribution in [0.4, 0.5) is 0 Å². The van der Waals surface area contributed by atoms with Crippen LogP contribution in [0.1, 0.15) is 28.2 Å². The number of likely N-dealkylation sites (N-methyl/N-ethyl adjacent to an activating group) is 1. The Kier molecular flexibility index (Phi) is 4.43. The van der Waals surface area contributed by atoms with Gasteiger partial charge in [-0.15, -0.1) is 11.3 Å². The summed E-state index contributed by atoms with van der Waals surface area (Å²) in [4.78, 5) is 48.5. The quantitative estimate of drug-likeness (QED) is 0.843. The Morgan fingerprint density at radius 1 is 1.46 bits per heavy atom. The molecule has 1 aliphatic rings. The Balaban J connectivity index is 1.74. The first-order chi connectivity index (χ1) is 11.4. The first-order valence-electron chi connectivity index (χ1n) is 7.50. The fourth-order valence-corrected chi connectivity index (χ4v) is 3.15. The van der Waals surface area contributed by atoms with Crippen molar-refractivity contribution >= 4 is 23.2 Å². The van der Waals surface area contributed by atoms with E-state index >= 15 is 0 Å². The van der Waals surface area contributed by atoms with Gasteiger partial charge in [-0.05, 0) is 13.3 Å². The molecule has 1 saturated heterocycles. The Labute approximate surface area is 141 Å². The summed E-state index contributed by atoms with van der Waals surface area (Å²) in [6, 6.07) is -0.166. The van der Waals surface area contributed by atoms with Crippen LogP contribution in [0.5, 0.6) is 0 Å². The van der Waals surface area contributed by atoms with Gasteiger partial charge in [0, 0.05) is 37.6 Å². The number of nitrogens with zero attached hydrogens (tertiary/aromatic N) is 3. The second-order valence-electron chi connectivity index (χ2n) is 5.71. The van der Waals surface area contributed by atoms with Crippen LogP contribution < -0.4 is 10.9 Å². The minimum Gasteiger partial charge on any atom is -0.347 e. The van der Waals surface area contributed by atoms with Crippen LogP contribution in [0.2, 0.25) is 0 Å². The fraction of sp³-hybridized carbons (Fsp3) is 0.400. The molecule has 1 aliphatic heterocycles. The molecule has 126 valence electrons. The van der Waals surface area contributed by atoms with Crippen molar-refractivity contribution in [3.8, 4) is 11.5 Å². The number of nitrogens with one attached hydrogen (secondary N) is 2. The molecule has 0 aromatic carbocycles. The second-order valence-corrected chi connectivity index (χ2v) is 6.77.